The number of fused-ring (bicyclic) bond motifs is 1. The van der Waals surface area contributed by atoms with Crippen molar-refractivity contribution in [2.24, 2.45) is 0 Å². The molecule has 112 valence electrons. The van der Waals surface area contributed by atoms with Gasteiger partial charge in [0.15, 0.2) is 11.5 Å². The highest BCUT2D eigenvalue weighted by Crippen LogP contribution is 2.33. The number of esters is 1. The van der Waals surface area contributed by atoms with E-state index in [1.54, 1.807) is 22.7 Å². The Labute approximate surface area is 130 Å². The number of pyridine rings is 1. The van der Waals surface area contributed by atoms with Crippen LogP contribution in [0.15, 0.2) is 36.8 Å². The summed E-state index contributed by atoms with van der Waals surface area (Å²) in [5.41, 5.74) is 7.07. The first-order valence-corrected chi connectivity index (χ1v) is 6.69. The third-order valence-electron chi connectivity index (χ3n) is 3.32. The molecule has 2 heterocycles. The van der Waals surface area contributed by atoms with Gasteiger partial charge in [-0.3, -0.25) is 0 Å². The molecule has 0 saturated carbocycles. The monoisotopic (exact) mass is 319 g/mol. The lowest BCUT2D eigenvalue weighted by atomic mass is 10.1. The fraction of sp³-hybridized carbons (Fsp3) is 0.0667. The van der Waals surface area contributed by atoms with Crippen LogP contribution in [-0.2, 0) is 4.74 Å². The summed E-state index contributed by atoms with van der Waals surface area (Å²) in [6.45, 7) is 0. The molecule has 0 unspecified atom stereocenters. The largest absolute Gasteiger partial charge is 0.464 e. The predicted octanol–water partition coefficient (Wildman–Crippen LogP) is 3.16. The molecule has 2 aromatic heterocycles. The lowest BCUT2D eigenvalue weighted by Gasteiger charge is -2.09. The van der Waals surface area contributed by atoms with E-state index in [0.29, 0.717) is 11.1 Å². The summed E-state index contributed by atoms with van der Waals surface area (Å²) in [6, 6.07) is 6.24. The quantitative estimate of drug-likeness (QED) is 0.582. The van der Waals surface area contributed by atoms with Crippen molar-refractivity contribution in [3.05, 3.63) is 53.3 Å². The second-order valence-corrected chi connectivity index (χ2v) is 5.03. The number of nitrogens with zero attached hydrogens (tertiary/aromatic N) is 2. The zero-order valence-electron chi connectivity index (χ0n) is 11.5. The summed E-state index contributed by atoms with van der Waals surface area (Å²) in [7, 11) is 1.28. The number of aromatic nitrogens is 2. The summed E-state index contributed by atoms with van der Waals surface area (Å²) in [5.74, 6) is -1.12. The fourth-order valence-electron chi connectivity index (χ4n) is 2.24. The SMILES string of the molecule is COC(=O)c1ncn2cc(-c3c(Cl)ccc(N)c3F)ccc12. The van der Waals surface area contributed by atoms with Crippen LogP contribution in [0, 0.1) is 5.82 Å². The molecule has 5 nitrogen and oxygen atoms in total. The fourth-order valence-corrected chi connectivity index (χ4v) is 2.49. The highest BCUT2D eigenvalue weighted by Gasteiger charge is 2.17. The molecule has 3 aromatic rings. The number of halogens is 2. The zero-order chi connectivity index (χ0) is 15.9. The van der Waals surface area contributed by atoms with E-state index in [2.05, 4.69) is 9.72 Å². The van der Waals surface area contributed by atoms with Crippen LogP contribution in [0.3, 0.4) is 0 Å². The number of anilines is 1. The van der Waals surface area contributed by atoms with Gasteiger partial charge >= 0.3 is 5.97 Å². The Balaban J connectivity index is 2.19. The van der Waals surface area contributed by atoms with Gasteiger partial charge in [0.2, 0.25) is 0 Å². The number of rotatable bonds is 2. The van der Waals surface area contributed by atoms with Gasteiger partial charge in [0.25, 0.3) is 0 Å². The van der Waals surface area contributed by atoms with Crippen molar-refractivity contribution in [2.45, 2.75) is 0 Å². The van der Waals surface area contributed by atoms with Gasteiger partial charge in [-0.15, -0.1) is 0 Å². The molecule has 0 saturated heterocycles. The van der Waals surface area contributed by atoms with Gasteiger partial charge in [-0.05, 0) is 18.2 Å². The molecule has 3 rings (SSSR count). The van der Waals surface area contributed by atoms with Crippen LogP contribution in [0.5, 0.6) is 0 Å². The molecule has 0 aliphatic rings. The maximum Gasteiger partial charge on any atom is 0.358 e. The molecular formula is C15H11ClFN3O2. The second-order valence-electron chi connectivity index (χ2n) is 4.62. The van der Waals surface area contributed by atoms with Crippen molar-refractivity contribution < 1.29 is 13.9 Å². The van der Waals surface area contributed by atoms with Crippen LogP contribution in [0.2, 0.25) is 5.02 Å². The summed E-state index contributed by atoms with van der Waals surface area (Å²) in [4.78, 5) is 15.6. The molecule has 0 spiro atoms. The molecule has 0 radical (unpaired) electrons. The average molecular weight is 320 g/mol. The molecule has 22 heavy (non-hydrogen) atoms. The van der Waals surface area contributed by atoms with Gasteiger partial charge in [0, 0.05) is 17.3 Å². The molecule has 2 N–H and O–H groups in total. The molecule has 1 aromatic carbocycles. The van der Waals surface area contributed by atoms with Crippen LogP contribution in [0.25, 0.3) is 16.6 Å². The number of hydrogen-bond acceptors (Lipinski definition) is 4. The minimum atomic E-state index is -0.583. The molecule has 7 heteroatoms. The summed E-state index contributed by atoms with van der Waals surface area (Å²) in [6.07, 6.45) is 3.07. The van der Waals surface area contributed by atoms with E-state index in [1.807, 2.05) is 0 Å². The van der Waals surface area contributed by atoms with Gasteiger partial charge in [-0.25, -0.2) is 14.2 Å². The smallest absolute Gasteiger partial charge is 0.358 e. The van der Waals surface area contributed by atoms with Gasteiger partial charge < -0.3 is 14.9 Å². The first-order chi connectivity index (χ1) is 10.5. The first kappa shape index (κ1) is 14.3. The Morgan fingerprint density at radius 1 is 1.36 bits per heavy atom. The van der Waals surface area contributed by atoms with Crippen molar-refractivity contribution in [2.75, 3.05) is 12.8 Å². The highest BCUT2D eigenvalue weighted by atomic mass is 35.5. The predicted molar refractivity (Wildman–Crippen MR) is 81.3 cm³/mol. The number of imidazole rings is 1. The van der Waals surface area contributed by atoms with E-state index < -0.39 is 11.8 Å². The van der Waals surface area contributed by atoms with Crippen molar-refractivity contribution >= 4 is 28.8 Å². The van der Waals surface area contributed by atoms with E-state index in [1.165, 1.54) is 25.6 Å². The van der Waals surface area contributed by atoms with Crippen LogP contribution in [0.4, 0.5) is 10.1 Å². The Bertz CT molecular complexity index is 892. The van der Waals surface area contributed by atoms with Crippen molar-refractivity contribution in [1.29, 1.82) is 0 Å². The van der Waals surface area contributed by atoms with E-state index in [9.17, 15) is 9.18 Å². The lowest BCUT2D eigenvalue weighted by molar-refractivity contribution is 0.0597. The second kappa shape index (κ2) is 5.31. The van der Waals surface area contributed by atoms with Crippen molar-refractivity contribution in [3.63, 3.8) is 0 Å². The normalized spacial score (nSPS) is 10.9. The average Bonchev–Trinajstić information content (AvgIpc) is 2.94. The topological polar surface area (TPSA) is 69.6 Å². The minimum Gasteiger partial charge on any atom is -0.464 e. The van der Waals surface area contributed by atoms with Crippen LogP contribution < -0.4 is 5.73 Å². The van der Waals surface area contributed by atoms with Crippen LogP contribution >= 0.6 is 11.6 Å². The number of nitrogens with two attached hydrogens (primary N) is 1. The van der Waals surface area contributed by atoms with E-state index in [4.69, 9.17) is 17.3 Å². The number of ether oxygens (including phenoxy) is 1. The maximum absolute atomic E-state index is 14.2. The molecule has 0 aliphatic heterocycles. The Hall–Kier alpha value is -2.60. The molecule has 0 fully saturated rings. The van der Waals surface area contributed by atoms with Gasteiger partial charge in [0.05, 0.1) is 23.3 Å². The number of hydrogen-bond donors (Lipinski definition) is 1. The van der Waals surface area contributed by atoms with Crippen molar-refractivity contribution in [3.8, 4) is 11.1 Å². The number of methoxy groups -OCH3 is 1. The van der Waals surface area contributed by atoms with E-state index in [-0.39, 0.29) is 22.0 Å². The molecule has 0 atom stereocenters. The number of benzene rings is 1. The lowest BCUT2D eigenvalue weighted by Crippen LogP contribution is -2.02. The summed E-state index contributed by atoms with van der Waals surface area (Å²) < 4.78 is 20.5. The Morgan fingerprint density at radius 3 is 2.86 bits per heavy atom. The molecular weight excluding hydrogens is 309 g/mol. The van der Waals surface area contributed by atoms with Gasteiger partial charge in [-0.2, -0.15) is 0 Å². The van der Waals surface area contributed by atoms with Gasteiger partial charge in [0.1, 0.15) is 6.33 Å². The molecule has 0 aliphatic carbocycles. The first-order valence-electron chi connectivity index (χ1n) is 6.31. The third kappa shape index (κ3) is 2.17. The maximum atomic E-state index is 14.2. The number of nitrogen functional groups attached to an aromatic ring is 1. The third-order valence-corrected chi connectivity index (χ3v) is 3.63. The van der Waals surface area contributed by atoms with Gasteiger partial charge in [-0.1, -0.05) is 17.7 Å². The van der Waals surface area contributed by atoms with E-state index in [0.717, 1.165) is 0 Å². The number of carbonyl (C=O) groups excluding carboxylic acids is 1. The Kier molecular flexibility index (Phi) is 3.46. The Morgan fingerprint density at radius 2 is 2.14 bits per heavy atom. The van der Waals surface area contributed by atoms with Crippen molar-refractivity contribution in [1.82, 2.24) is 9.38 Å². The van der Waals surface area contributed by atoms with E-state index >= 15 is 0 Å². The number of carbonyl (C=O) groups is 1. The highest BCUT2D eigenvalue weighted by molar-refractivity contribution is 6.33. The minimum absolute atomic E-state index is 0.0142. The van der Waals surface area contributed by atoms with Crippen LogP contribution in [-0.4, -0.2) is 22.5 Å². The van der Waals surface area contributed by atoms with Crippen LogP contribution in [0.1, 0.15) is 10.5 Å². The molecule has 0 bridgehead atoms. The summed E-state index contributed by atoms with van der Waals surface area (Å²) in [5, 5.41) is 0.249. The summed E-state index contributed by atoms with van der Waals surface area (Å²) >= 11 is 6.07. The zero-order valence-corrected chi connectivity index (χ0v) is 12.3. The standard InChI is InChI=1S/C15H11ClFN3O2/c1-22-15(21)14-11-5-2-8(6-20(11)7-19-14)12-9(16)3-4-10(18)13(12)17/h2-7H,18H2,1H3. The molecule has 0 amide bonds.